The smallest absolute Gasteiger partial charge is 0.295 e. The predicted octanol–water partition coefficient (Wildman–Crippen LogP) is 3.37. The van der Waals surface area contributed by atoms with Gasteiger partial charge in [-0.3, -0.25) is 10.1 Å². The van der Waals surface area contributed by atoms with Crippen molar-refractivity contribution in [2.45, 2.75) is 37.8 Å². The van der Waals surface area contributed by atoms with E-state index in [1.807, 2.05) is 18.2 Å². The van der Waals surface area contributed by atoms with Gasteiger partial charge in [0.25, 0.3) is 5.69 Å². The van der Waals surface area contributed by atoms with Crippen LogP contribution in [-0.4, -0.2) is 27.2 Å². The van der Waals surface area contributed by atoms with E-state index in [1.165, 1.54) is 6.07 Å². The van der Waals surface area contributed by atoms with Gasteiger partial charge in [0.15, 0.2) is 5.69 Å². The van der Waals surface area contributed by atoms with Gasteiger partial charge in [-0.05, 0) is 18.9 Å². The van der Waals surface area contributed by atoms with Crippen molar-refractivity contribution >= 4 is 11.5 Å². The van der Waals surface area contributed by atoms with Crippen LogP contribution in [0.2, 0.25) is 0 Å². The molecule has 23 heavy (non-hydrogen) atoms. The first-order valence-corrected chi connectivity index (χ1v) is 7.80. The number of hydrogen-bond acceptors (Lipinski definition) is 5. The first kappa shape index (κ1) is 15.4. The summed E-state index contributed by atoms with van der Waals surface area (Å²) < 4.78 is 0. The molecule has 1 aromatic carbocycles. The van der Waals surface area contributed by atoms with E-state index in [-0.39, 0.29) is 11.7 Å². The second kappa shape index (κ2) is 6.75. The van der Waals surface area contributed by atoms with E-state index < -0.39 is 11.0 Å². The Balaban J connectivity index is 1.92. The minimum Gasteiger partial charge on any atom is -0.391 e. The van der Waals surface area contributed by atoms with E-state index in [2.05, 4.69) is 10.3 Å². The van der Waals surface area contributed by atoms with Gasteiger partial charge >= 0.3 is 0 Å². The zero-order valence-electron chi connectivity index (χ0n) is 12.7. The van der Waals surface area contributed by atoms with Crippen molar-refractivity contribution in [3.8, 4) is 11.3 Å². The van der Waals surface area contributed by atoms with Crippen molar-refractivity contribution in [1.29, 1.82) is 0 Å². The zero-order valence-corrected chi connectivity index (χ0v) is 12.7. The maximum absolute atomic E-state index is 11.3. The van der Waals surface area contributed by atoms with Crippen LogP contribution in [0, 0.1) is 10.1 Å². The molecule has 2 atom stereocenters. The molecule has 0 unspecified atom stereocenters. The van der Waals surface area contributed by atoms with Gasteiger partial charge in [0, 0.05) is 11.6 Å². The van der Waals surface area contributed by atoms with Crippen LogP contribution >= 0.6 is 0 Å². The molecule has 6 heteroatoms. The Labute approximate surface area is 134 Å². The summed E-state index contributed by atoms with van der Waals surface area (Å²) >= 11 is 0. The van der Waals surface area contributed by atoms with E-state index in [0.717, 1.165) is 25.7 Å². The van der Waals surface area contributed by atoms with Crippen molar-refractivity contribution in [1.82, 2.24) is 4.98 Å². The normalized spacial score (nSPS) is 20.9. The van der Waals surface area contributed by atoms with Gasteiger partial charge in [-0.25, -0.2) is 4.98 Å². The van der Waals surface area contributed by atoms with Crippen molar-refractivity contribution in [3.63, 3.8) is 0 Å². The minimum atomic E-state index is -0.422. The van der Waals surface area contributed by atoms with Crippen LogP contribution in [0.4, 0.5) is 11.5 Å². The number of aliphatic hydroxyl groups excluding tert-OH is 1. The van der Waals surface area contributed by atoms with E-state index >= 15 is 0 Å². The molecular formula is C17H19N3O3. The second-order valence-corrected chi connectivity index (χ2v) is 5.79. The van der Waals surface area contributed by atoms with E-state index in [9.17, 15) is 15.2 Å². The fourth-order valence-corrected chi connectivity index (χ4v) is 2.96. The predicted molar refractivity (Wildman–Crippen MR) is 88.2 cm³/mol. The summed E-state index contributed by atoms with van der Waals surface area (Å²) in [7, 11) is 0. The minimum absolute atomic E-state index is 0.0223. The molecule has 1 heterocycles. The molecule has 0 spiro atoms. The van der Waals surface area contributed by atoms with Gasteiger partial charge in [0.2, 0.25) is 0 Å². The number of benzene rings is 1. The number of nitro groups is 1. The van der Waals surface area contributed by atoms with E-state index in [4.69, 9.17) is 0 Å². The summed E-state index contributed by atoms with van der Waals surface area (Å²) in [6.07, 6.45) is 3.34. The first-order chi connectivity index (χ1) is 11.1. The van der Waals surface area contributed by atoms with Gasteiger partial charge < -0.3 is 10.4 Å². The number of nitrogens with zero attached hydrogens (tertiary/aromatic N) is 2. The summed E-state index contributed by atoms with van der Waals surface area (Å²) in [5.74, 6) is 0.556. The molecular weight excluding hydrogens is 294 g/mol. The number of pyridine rings is 1. The number of rotatable bonds is 4. The van der Waals surface area contributed by atoms with Crippen LogP contribution in [0.25, 0.3) is 11.3 Å². The molecule has 2 N–H and O–H groups in total. The molecule has 1 fully saturated rings. The van der Waals surface area contributed by atoms with Gasteiger partial charge in [-0.2, -0.15) is 0 Å². The Morgan fingerprint density at radius 2 is 1.87 bits per heavy atom. The van der Waals surface area contributed by atoms with Crippen LogP contribution in [0.3, 0.4) is 0 Å². The van der Waals surface area contributed by atoms with Gasteiger partial charge in [-0.15, -0.1) is 0 Å². The number of anilines is 1. The molecule has 3 rings (SSSR count). The average Bonchev–Trinajstić information content (AvgIpc) is 2.57. The average molecular weight is 313 g/mol. The summed E-state index contributed by atoms with van der Waals surface area (Å²) in [4.78, 5) is 15.3. The molecule has 1 aliphatic carbocycles. The van der Waals surface area contributed by atoms with Crippen molar-refractivity contribution in [3.05, 3.63) is 52.6 Å². The number of aromatic nitrogens is 1. The lowest BCUT2D eigenvalue weighted by atomic mass is 9.92. The zero-order chi connectivity index (χ0) is 16.2. The maximum atomic E-state index is 11.3. The molecule has 0 saturated heterocycles. The summed E-state index contributed by atoms with van der Waals surface area (Å²) in [5.41, 5.74) is 1.02. The Morgan fingerprint density at radius 3 is 2.57 bits per heavy atom. The van der Waals surface area contributed by atoms with Crippen molar-refractivity contribution in [2.24, 2.45) is 0 Å². The monoisotopic (exact) mass is 313 g/mol. The molecule has 120 valence electrons. The van der Waals surface area contributed by atoms with Crippen LogP contribution in [0.15, 0.2) is 42.5 Å². The quantitative estimate of drug-likeness (QED) is 0.667. The molecule has 0 amide bonds. The lowest BCUT2D eigenvalue weighted by Crippen LogP contribution is -2.36. The summed E-state index contributed by atoms with van der Waals surface area (Å²) in [6.45, 7) is 0. The third-order valence-corrected chi connectivity index (χ3v) is 4.18. The highest BCUT2D eigenvalue weighted by Crippen LogP contribution is 2.30. The topological polar surface area (TPSA) is 88.3 Å². The fraction of sp³-hybridized carbons (Fsp3) is 0.353. The van der Waals surface area contributed by atoms with E-state index in [1.54, 1.807) is 18.2 Å². The second-order valence-electron chi connectivity index (χ2n) is 5.79. The van der Waals surface area contributed by atoms with Crippen LogP contribution in [0.5, 0.6) is 0 Å². The van der Waals surface area contributed by atoms with Gasteiger partial charge in [-0.1, -0.05) is 43.2 Å². The highest BCUT2D eigenvalue weighted by atomic mass is 16.6. The third kappa shape index (κ3) is 3.48. The lowest BCUT2D eigenvalue weighted by Gasteiger charge is -2.28. The van der Waals surface area contributed by atoms with Crippen LogP contribution in [0.1, 0.15) is 25.7 Å². The van der Waals surface area contributed by atoms with Crippen LogP contribution in [-0.2, 0) is 0 Å². The summed E-state index contributed by atoms with van der Waals surface area (Å²) in [6, 6.07) is 12.1. The van der Waals surface area contributed by atoms with Crippen LogP contribution < -0.4 is 5.32 Å². The highest BCUT2D eigenvalue weighted by molar-refractivity contribution is 5.71. The first-order valence-electron chi connectivity index (χ1n) is 7.80. The molecule has 0 bridgehead atoms. The molecule has 0 aliphatic heterocycles. The summed E-state index contributed by atoms with van der Waals surface area (Å²) in [5, 5.41) is 24.5. The molecule has 0 radical (unpaired) electrons. The lowest BCUT2D eigenvalue weighted by molar-refractivity contribution is -0.384. The number of nitrogens with one attached hydrogen (secondary N) is 1. The standard InChI is InChI=1S/C17H19N3O3/c21-15-9-5-4-8-13(15)18-16-11-10-14(20(22)23)17(19-16)12-6-2-1-3-7-12/h1-3,6-7,10-11,13,15,21H,4-5,8-9H2,(H,18,19)/t13-,15-/m0/s1. The fourth-order valence-electron chi connectivity index (χ4n) is 2.96. The van der Waals surface area contributed by atoms with E-state index in [0.29, 0.717) is 17.1 Å². The Kier molecular flexibility index (Phi) is 4.52. The van der Waals surface area contributed by atoms with Gasteiger partial charge in [0.1, 0.15) is 5.82 Å². The number of aliphatic hydroxyl groups is 1. The third-order valence-electron chi connectivity index (χ3n) is 4.18. The van der Waals surface area contributed by atoms with Gasteiger partial charge in [0.05, 0.1) is 17.1 Å². The maximum Gasteiger partial charge on any atom is 0.295 e. The Hall–Kier alpha value is -2.47. The number of hydrogen-bond donors (Lipinski definition) is 2. The molecule has 1 saturated carbocycles. The highest BCUT2D eigenvalue weighted by Gasteiger charge is 2.24. The van der Waals surface area contributed by atoms with Crippen molar-refractivity contribution < 1.29 is 10.0 Å². The Bertz CT molecular complexity index is 691. The Morgan fingerprint density at radius 1 is 1.13 bits per heavy atom. The molecule has 1 aromatic heterocycles. The molecule has 6 nitrogen and oxygen atoms in total. The molecule has 1 aliphatic rings. The largest absolute Gasteiger partial charge is 0.391 e. The van der Waals surface area contributed by atoms with Crippen molar-refractivity contribution in [2.75, 3.05) is 5.32 Å². The molecule has 2 aromatic rings. The SMILES string of the molecule is O=[N+]([O-])c1ccc(N[C@H]2CCCC[C@@H]2O)nc1-c1ccccc1.